The molecule has 0 fully saturated rings. The normalized spacial score (nSPS) is 12.0. The molecule has 0 aliphatic heterocycles. The molecule has 0 N–H and O–H groups in total. The van der Waals surface area contributed by atoms with E-state index in [9.17, 15) is 0 Å². The molecule has 4 nitrogen and oxygen atoms in total. The zero-order valence-electron chi connectivity index (χ0n) is 17.0. The Morgan fingerprint density at radius 3 is 2.46 bits per heavy atom. The van der Waals surface area contributed by atoms with Crippen LogP contribution in [0, 0.1) is 20.8 Å². The van der Waals surface area contributed by atoms with E-state index in [-0.39, 0.29) is 6.10 Å². The van der Waals surface area contributed by atoms with Crippen LogP contribution in [0.5, 0.6) is 5.75 Å². The summed E-state index contributed by atoms with van der Waals surface area (Å²) >= 11 is 1.68. The van der Waals surface area contributed by atoms with Gasteiger partial charge in [-0.1, -0.05) is 65.4 Å². The number of aromatic nitrogens is 3. The number of benzene rings is 2. The van der Waals surface area contributed by atoms with Crippen molar-refractivity contribution < 1.29 is 4.74 Å². The van der Waals surface area contributed by atoms with Crippen molar-refractivity contribution in [2.45, 2.75) is 51.3 Å². The van der Waals surface area contributed by atoms with Crippen LogP contribution in [-0.4, -0.2) is 14.8 Å². The molecular formula is C23H27N3OS. The number of hydrogen-bond acceptors (Lipinski definition) is 4. The van der Waals surface area contributed by atoms with E-state index in [1.807, 2.05) is 19.1 Å². The predicted molar refractivity (Wildman–Crippen MR) is 116 cm³/mol. The number of ether oxygens (including phenoxy) is 1. The number of nitrogens with zero attached hydrogens (tertiary/aromatic N) is 3. The maximum atomic E-state index is 6.20. The van der Waals surface area contributed by atoms with Crippen molar-refractivity contribution in [2.24, 2.45) is 0 Å². The van der Waals surface area contributed by atoms with E-state index in [1.54, 1.807) is 11.8 Å². The van der Waals surface area contributed by atoms with Crippen molar-refractivity contribution in [3.8, 4) is 5.75 Å². The van der Waals surface area contributed by atoms with Gasteiger partial charge < -0.3 is 4.74 Å². The second kappa shape index (κ2) is 9.11. The van der Waals surface area contributed by atoms with Crippen LogP contribution in [0.4, 0.5) is 0 Å². The van der Waals surface area contributed by atoms with Gasteiger partial charge in [0.15, 0.2) is 17.1 Å². The van der Waals surface area contributed by atoms with Gasteiger partial charge in [-0.25, -0.2) is 0 Å². The highest BCUT2D eigenvalue weighted by Crippen LogP contribution is 2.28. The van der Waals surface area contributed by atoms with Gasteiger partial charge in [0.05, 0.1) is 0 Å². The molecule has 3 aromatic rings. The smallest absolute Gasteiger partial charge is 0.191 e. The lowest BCUT2D eigenvalue weighted by Gasteiger charge is -2.17. The number of allylic oxidation sites excluding steroid dienone is 1. The molecule has 2 aromatic carbocycles. The minimum Gasteiger partial charge on any atom is -0.482 e. The highest BCUT2D eigenvalue weighted by molar-refractivity contribution is 7.98. The van der Waals surface area contributed by atoms with Crippen molar-refractivity contribution >= 4 is 11.8 Å². The van der Waals surface area contributed by atoms with Crippen molar-refractivity contribution in [1.82, 2.24) is 14.8 Å². The molecule has 0 radical (unpaired) electrons. The second-order valence-corrected chi connectivity index (χ2v) is 7.99. The number of thioether (sulfide) groups is 1. The summed E-state index contributed by atoms with van der Waals surface area (Å²) in [5.74, 6) is 2.54. The maximum absolute atomic E-state index is 6.20. The van der Waals surface area contributed by atoms with Crippen LogP contribution in [0.25, 0.3) is 0 Å². The zero-order valence-corrected chi connectivity index (χ0v) is 17.8. The van der Waals surface area contributed by atoms with Gasteiger partial charge in [-0.15, -0.1) is 16.8 Å². The van der Waals surface area contributed by atoms with E-state index in [4.69, 9.17) is 4.74 Å². The molecule has 1 unspecified atom stereocenters. The third-order valence-electron chi connectivity index (χ3n) is 4.54. The van der Waals surface area contributed by atoms with Crippen LogP contribution in [0.2, 0.25) is 0 Å². The molecular weight excluding hydrogens is 366 g/mol. The SMILES string of the molecule is C=CCn1c(SCc2ccc(C)cc2)nnc1C(C)Oc1ccc(C)cc1C. The summed E-state index contributed by atoms with van der Waals surface area (Å²) in [4.78, 5) is 0. The van der Waals surface area contributed by atoms with E-state index in [0.29, 0.717) is 6.54 Å². The fourth-order valence-electron chi connectivity index (χ4n) is 3.02. The molecule has 0 saturated carbocycles. The number of aryl methyl sites for hydroxylation is 3. The van der Waals surface area contributed by atoms with Crippen molar-refractivity contribution in [3.05, 3.63) is 83.2 Å². The monoisotopic (exact) mass is 393 g/mol. The lowest BCUT2D eigenvalue weighted by molar-refractivity contribution is 0.209. The van der Waals surface area contributed by atoms with Gasteiger partial charge >= 0.3 is 0 Å². The Morgan fingerprint density at radius 1 is 1.07 bits per heavy atom. The molecule has 0 spiro atoms. The highest BCUT2D eigenvalue weighted by atomic mass is 32.2. The Labute approximate surface area is 171 Å². The van der Waals surface area contributed by atoms with Crippen LogP contribution in [-0.2, 0) is 12.3 Å². The van der Waals surface area contributed by atoms with Gasteiger partial charge in [-0.05, 0) is 44.9 Å². The van der Waals surface area contributed by atoms with Crippen molar-refractivity contribution in [2.75, 3.05) is 0 Å². The molecule has 0 bridgehead atoms. The largest absolute Gasteiger partial charge is 0.482 e. The predicted octanol–water partition coefficient (Wildman–Crippen LogP) is 5.82. The second-order valence-electron chi connectivity index (χ2n) is 7.04. The molecule has 0 aliphatic carbocycles. The van der Waals surface area contributed by atoms with Gasteiger partial charge in [0.25, 0.3) is 0 Å². The molecule has 1 atom stereocenters. The minimum absolute atomic E-state index is 0.206. The summed E-state index contributed by atoms with van der Waals surface area (Å²) in [7, 11) is 0. The third kappa shape index (κ3) is 4.84. The fraction of sp³-hybridized carbons (Fsp3) is 0.304. The number of rotatable bonds is 8. The van der Waals surface area contributed by atoms with Crippen molar-refractivity contribution in [3.63, 3.8) is 0 Å². The Hall–Kier alpha value is -2.53. The first-order chi connectivity index (χ1) is 13.5. The molecule has 28 heavy (non-hydrogen) atoms. The molecule has 0 aliphatic rings. The number of hydrogen-bond donors (Lipinski definition) is 0. The topological polar surface area (TPSA) is 39.9 Å². The van der Waals surface area contributed by atoms with Crippen LogP contribution >= 0.6 is 11.8 Å². The van der Waals surface area contributed by atoms with Gasteiger partial charge in [-0.3, -0.25) is 4.57 Å². The summed E-state index contributed by atoms with van der Waals surface area (Å²) in [6, 6.07) is 14.8. The van der Waals surface area contributed by atoms with Crippen LogP contribution in [0.3, 0.4) is 0 Å². The standard InChI is InChI=1S/C23H27N3OS/c1-6-13-26-22(19(5)27-21-12-9-17(3)14-18(21)4)24-25-23(26)28-15-20-10-7-16(2)8-11-20/h6-12,14,19H,1,13,15H2,2-5H3. The lowest BCUT2D eigenvalue weighted by Crippen LogP contribution is -2.12. The summed E-state index contributed by atoms with van der Waals surface area (Å²) in [6.45, 7) is 12.8. The molecule has 146 valence electrons. The van der Waals surface area contributed by atoms with Gasteiger partial charge in [0.1, 0.15) is 5.75 Å². The molecule has 0 saturated heterocycles. The average Bonchev–Trinajstić information content (AvgIpc) is 3.07. The highest BCUT2D eigenvalue weighted by Gasteiger charge is 2.19. The van der Waals surface area contributed by atoms with Crippen molar-refractivity contribution in [1.29, 1.82) is 0 Å². The Balaban J connectivity index is 1.77. The Morgan fingerprint density at radius 2 is 1.79 bits per heavy atom. The van der Waals surface area contributed by atoms with E-state index < -0.39 is 0 Å². The summed E-state index contributed by atoms with van der Waals surface area (Å²) in [6.07, 6.45) is 1.66. The first-order valence-electron chi connectivity index (χ1n) is 9.44. The lowest BCUT2D eigenvalue weighted by atomic mass is 10.1. The van der Waals surface area contributed by atoms with Gasteiger partial charge in [-0.2, -0.15) is 0 Å². The van der Waals surface area contributed by atoms with E-state index >= 15 is 0 Å². The van der Waals surface area contributed by atoms with Gasteiger partial charge in [0, 0.05) is 12.3 Å². The molecule has 0 amide bonds. The van der Waals surface area contributed by atoms with Crippen LogP contribution in [0.1, 0.15) is 41.1 Å². The Bertz CT molecular complexity index is 947. The van der Waals surface area contributed by atoms with Crippen LogP contribution < -0.4 is 4.74 Å². The van der Waals surface area contributed by atoms with E-state index in [1.165, 1.54) is 16.7 Å². The van der Waals surface area contributed by atoms with E-state index in [0.717, 1.165) is 28.0 Å². The molecule has 5 heteroatoms. The van der Waals surface area contributed by atoms with Crippen LogP contribution in [0.15, 0.2) is 60.3 Å². The quantitative estimate of drug-likeness (QED) is 0.357. The molecule has 1 aromatic heterocycles. The third-order valence-corrected chi connectivity index (χ3v) is 5.58. The fourth-order valence-corrected chi connectivity index (χ4v) is 3.93. The van der Waals surface area contributed by atoms with Gasteiger partial charge in [0.2, 0.25) is 0 Å². The first kappa shape index (κ1) is 20.2. The summed E-state index contributed by atoms with van der Waals surface area (Å²) in [5, 5.41) is 9.72. The summed E-state index contributed by atoms with van der Waals surface area (Å²) < 4.78 is 8.28. The first-order valence-corrected chi connectivity index (χ1v) is 10.4. The average molecular weight is 394 g/mol. The molecule has 3 rings (SSSR count). The Kier molecular flexibility index (Phi) is 6.57. The zero-order chi connectivity index (χ0) is 20.1. The summed E-state index contributed by atoms with van der Waals surface area (Å²) in [5.41, 5.74) is 4.88. The maximum Gasteiger partial charge on any atom is 0.191 e. The minimum atomic E-state index is -0.206. The molecule has 1 heterocycles. The van der Waals surface area contributed by atoms with E-state index in [2.05, 4.69) is 78.5 Å².